The number of phenolic OH excluding ortho intramolecular Hbond substituents is 1. The van der Waals surface area contributed by atoms with Crippen LogP contribution in [0.3, 0.4) is 0 Å². The number of hydrogen-bond acceptors (Lipinski definition) is 8. The highest BCUT2D eigenvalue weighted by Crippen LogP contribution is 2.57. The summed E-state index contributed by atoms with van der Waals surface area (Å²) in [5, 5.41) is 21.3. The van der Waals surface area contributed by atoms with Crippen molar-refractivity contribution in [2.24, 2.45) is 5.73 Å². The van der Waals surface area contributed by atoms with Gasteiger partial charge in [-0.3, -0.25) is 14.4 Å². The summed E-state index contributed by atoms with van der Waals surface area (Å²) >= 11 is 1.21. The number of carbonyl (C=O) groups excluding carboxylic acids is 3. The molecule has 2 fully saturated rings. The van der Waals surface area contributed by atoms with Crippen LogP contribution in [0.1, 0.15) is 32.4 Å². The maximum Gasteiger partial charge on any atom is 0.334 e. The van der Waals surface area contributed by atoms with Gasteiger partial charge in [0.2, 0.25) is 11.8 Å². The Labute approximate surface area is 176 Å². The summed E-state index contributed by atoms with van der Waals surface area (Å²) in [5.74, 6) is -3.11. The normalized spacial score (nSPS) is 27.6. The Bertz CT molecular complexity index is 904. The minimum Gasteiger partial charge on any atom is -0.508 e. The average Bonchev–Trinajstić information content (AvgIpc) is 2.89. The smallest absolute Gasteiger partial charge is 0.334 e. The molecule has 0 bridgehead atoms. The van der Waals surface area contributed by atoms with Crippen molar-refractivity contribution in [1.82, 2.24) is 10.2 Å². The number of aliphatic carboxylic acids is 1. The molecule has 2 heterocycles. The number of amides is 2. The van der Waals surface area contributed by atoms with E-state index in [1.807, 2.05) is 0 Å². The van der Waals surface area contributed by atoms with Gasteiger partial charge in [0.25, 0.3) is 0 Å². The van der Waals surface area contributed by atoms with Gasteiger partial charge >= 0.3 is 11.9 Å². The fraction of sp³-hybridized carbons (Fsp3) is 0.474. The predicted molar refractivity (Wildman–Crippen MR) is 106 cm³/mol. The number of rotatable bonds is 6. The van der Waals surface area contributed by atoms with E-state index < -0.39 is 58.1 Å². The van der Waals surface area contributed by atoms with Crippen LogP contribution >= 0.6 is 11.8 Å². The summed E-state index contributed by atoms with van der Waals surface area (Å²) in [6, 6.07) is 3.75. The zero-order chi connectivity index (χ0) is 22.4. The van der Waals surface area contributed by atoms with Crippen molar-refractivity contribution in [2.75, 3.05) is 6.61 Å². The van der Waals surface area contributed by atoms with E-state index in [9.17, 15) is 29.4 Å². The molecule has 10 nitrogen and oxygen atoms in total. The molecular formula is C19H23N3O7S. The second-order valence-corrected chi connectivity index (χ2v) is 9.47. The first-order valence-corrected chi connectivity index (χ1v) is 10.0. The molecule has 2 amide bonds. The second kappa shape index (κ2) is 7.47. The molecule has 0 aromatic heterocycles. The number of carboxylic acids is 1. The van der Waals surface area contributed by atoms with Gasteiger partial charge in [-0.15, -0.1) is 11.8 Å². The van der Waals surface area contributed by atoms with Crippen LogP contribution in [0.4, 0.5) is 0 Å². The number of nitrogens with two attached hydrogens (primary N) is 1. The molecule has 2 aliphatic rings. The zero-order valence-corrected chi connectivity index (χ0v) is 17.4. The van der Waals surface area contributed by atoms with E-state index in [0.29, 0.717) is 5.56 Å². The lowest BCUT2D eigenvalue weighted by Gasteiger charge is -2.49. The summed E-state index contributed by atoms with van der Waals surface area (Å²) < 4.78 is 4.00. The van der Waals surface area contributed by atoms with E-state index >= 15 is 0 Å². The number of β-lactam (4-membered cyclic amide) rings is 1. The molecule has 1 aromatic carbocycles. The maximum atomic E-state index is 12.9. The number of phenols is 1. The average molecular weight is 437 g/mol. The number of ether oxygens (including phenoxy) is 1. The molecule has 2 saturated heterocycles. The lowest BCUT2D eigenvalue weighted by Crippen LogP contribution is -2.77. The molecular weight excluding hydrogens is 414 g/mol. The quantitative estimate of drug-likeness (QED) is 0.354. The van der Waals surface area contributed by atoms with E-state index in [-0.39, 0.29) is 5.75 Å². The highest BCUT2D eigenvalue weighted by atomic mass is 32.2. The molecule has 0 radical (unpaired) electrons. The van der Waals surface area contributed by atoms with Crippen LogP contribution < -0.4 is 11.1 Å². The van der Waals surface area contributed by atoms with Crippen LogP contribution in [0.5, 0.6) is 5.75 Å². The number of thioether (sulfide) groups is 1. The first kappa shape index (κ1) is 21.9. The summed E-state index contributed by atoms with van der Waals surface area (Å²) in [6.45, 7) is 3.98. The van der Waals surface area contributed by atoms with Crippen LogP contribution in [0.2, 0.25) is 0 Å². The zero-order valence-electron chi connectivity index (χ0n) is 16.6. The molecule has 0 saturated carbocycles. The van der Waals surface area contributed by atoms with Crippen molar-refractivity contribution in [3.63, 3.8) is 0 Å². The van der Waals surface area contributed by atoms with Crippen molar-refractivity contribution in [3.05, 3.63) is 29.8 Å². The van der Waals surface area contributed by atoms with Gasteiger partial charge in [0, 0.05) is 6.92 Å². The first-order valence-electron chi connectivity index (χ1n) is 9.15. The van der Waals surface area contributed by atoms with Gasteiger partial charge in [0.1, 0.15) is 29.8 Å². The molecule has 1 aromatic rings. The van der Waals surface area contributed by atoms with Crippen LogP contribution in [-0.4, -0.2) is 67.2 Å². The predicted octanol–water partition coefficient (Wildman–Crippen LogP) is -0.0430. The van der Waals surface area contributed by atoms with Gasteiger partial charge in [0.05, 0.1) is 4.75 Å². The number of esters is 1. The Kier molecular flexibility index (Phi) is 5.46. The number of aromatic hydroxyl groups is 1. The lowest BCUT2D eigenvalue weighted by atomic mass is 9.81. The van der Waals surface area contributed by atoms with Crippen molar-refractivity contribution in [3.8, 4) is 5.75 Å². The van der Waals surface area contributed by atoms with Gasteiger partial charge < -0.3 is 30.9 Å². The Hall–Kier alpha value is -2.79. The maximum absolute atomic E-state index is 12.9. The van der Waals surface area contributed by atoms with Crippen LogP contribution in [0.25, 0.3) is 0 Å². The number of hydrogen-bond donors (Lipinski definition) is 4. The number of carbonyl (C=O) groups is 4. The van der Waals surface area contributed by atoms with Crippen LogP contribution in [-0.2, 0) is 23.9 Å². The SMILES string of the molecule is CC(=O)OC[C@@]1(C(=O)O)N2C(=O)C(NC(=O)C(N)c3ccc(O)cc3)[C@H]2SC1(C)C. The molecule has 11 heteroatoms. The van der Waals surface area contributed by atoms with Crippen molar-refractivity contribution < 1.29 is 34.1 Å². The number of benzene rings is 1. The van der Waals surface area contributed by atoms with Gasteiger partial charge in [-0.1, -0.05) is 12.1 Å². The number of carboxylic acid groups (broad SMARTS) is 1. The third-order valence-corrected chi connectivity index (χ3v) is 7.19. The molecule has 2 aliphatic heterocycles. The van der Waals surface area contributed by atoms with Gasteiger partial charge in [-0.05, 0) is 31.5 Å². The minimum atomic E-state index is -1.76. The molecule has 30 heavy (non-hydrogen) atoms. The second-order valence-electron chi connectivity index (χ2n) is 7.73. The molecule has 2 unspecified atom stereocenters. The lowest BCUT2D eigenvalue weighted by molar-refractivity contribution is -0.179. The highest BCUT2D eigenvalue weighted by molar-refractivity contribution is 8.01. The molecule has 162 valence electrons. The largest absolute Gasteiger partial charge is 0.508 e. The van der Waals surface area contributed by atoms with E-state index in [2.05, 4.69) is 5.32 Å². The number of fused-ring (bicyclic) bond motifs is 1. The summed E-state index contributed by atoms with van der Waals surface area (Å²) in [7, 11) is 0. The molecule has 3 rings (SSSR count). The fourth-order valence-corrected chi connectivity index (χ4v) is 5.51. The fourth-order valence-electron chi connectivity index (χ4n) is 3.76. The third-order valence-electron chi connectivity index (χ3n) is 5.54. The highest BCUT2D eigenvalue weighted by Gasteiger charge is 2.73. The first-order chi connectivity index (χ1) is 13.9. The number of nitrogens with zero attached hydrogens (tertiary/aromatic N) is 1. The molecule has 5 N–H and O–H groups in total. The molecule has 0 spiro atoms. The van der Waals surface area contributed by atoms with Crippen molar-refractivity contribution >= 4 is 35.5 Å². The van der Waals surface area contributed by atoms with E-state index in [1.165, 1.54) is 40.9 Å². The van der Waals surface area contributed by atoms with E-state index in [1.54, 1.807) is 13.8 Å². The standard InChI is InChI=1S/C19H23N3O7S/c1-9(23)29-8-19(17(27)28)18(2,3)30-16-13(15(26)22(16)19)21-14(25)12(20)10-4-6-11(24)7-5-10/h4-7,12-13,16,24H,8,20H2,1-3H3,(H,21,25)(H,27,28)/t12?,13?,16-,19+/m1/s1. The monoisotopic (exact) mass is 437 g/mol. The Morgan fingerprint density at radius 3 is 2.43 bits per heavy atom. The third kappa shape index (κ3) is 3.27. The van der Waals surface area contributed by atoms with Crippen molar-refractivity contribution in [2.45, 2.75) is 48.5 Å². The summed E-state index contributed by atoms with van der Waals surface area (Å²) in [4.78, 5) is 50.1. The van der Waals surface area contributed by atoms with Crippen LogP contribution in [0, 0.1) is 0 Å². The van der Waals surface area contributed by atoms with Gasteiger partial charge in [-0.25, -0.2) is 4.79 Å². The Morgan fingerprint density at radius 2 is 1.90 bits per heavy atom. The van der Waals surface area contributed by atoms with Crippen LogP contribution in [0.15, 0.2) is 24.3 Å². The summed E-state index contributed by atoms with van der Waals surface area (Å²) in [5.41, 5.74) is 4.65. The summed E-state index contributed by atoms with van der Waals surface area (Å²) in [6.07, 6.45) is 0. The molecule has 4 atom stereocenters. The minimum absolute atomic E-state index is 0.0264. The van der Waals surface area contributed by atoms with E-state index in [0.717, 1.165) is 6.92 Å². The molecule has 0 aliphatic carbocycles. The van der Waals surface area contributed by atoms with E-state index in [4.69, 9.17) is 10.5 Å². The van der Waals surface area contributed by atoms with Gasteiger partial charge in [0.15, 0.2) is 5.54 Å². The van der Waals surface area contributed by atoms with Gasteiger partial charge in [-0.2, -0.15) is 0 Å². The van der Waals surface area contributed by atoms with Crippen molar-refractivity contribution in [1.29, 1.82) is 0 Å². The Balaban J connectivity index is 1.79. The number of nitrogens with one attached hydrogen (secondary N) is 1. The Morgan fingerprint density at radius 1 is 1.30 bits per heavy atom. The topological polar surface area (TPSA) is 159 Å².